The summed E-state index contributed by atoms with van der Waals surface area (Å²) in [5.41, 5.74) is 1.18. The number of benzene rings is 2. The molecule has 0 spiro atoms. The van der Waals surface area contributed by atoms with Crippen LogP contribution in [0.4, 0.5) is 5.69 Å². The summed E-state index contributed by atoms with van der Waals surface area (Å²) in [6.07, 6.45) is 3.58. The Labute approximate surface area is 187 Å². The lowest BCUT2D eigenvalue weighted by molar-refractivity contribution is -0.144. The van der Waals surface area contributed by atoms with E-state index in [4.69, 9.17) is 9.47 Å². The van der Waals surface area contributed by atoms with Crippen molar-refractivity contribution in [2.24, 2.45) is 0 Å². The second-order valence-corrected chi connectivity index (χ2v) is 8.08. The van der Waals surface area contributed by atoms with Crippen molar-refractivity contribution in [1.29, 1.82) is 0 Å². The first-order valence-corrected chi connectivity index (χ1v) is 10.4. The highest BCUT2D eigenvalue weighted by molar-refractivity contribution is 6.00. The molecule has 0 radical (unpaired) electrons. The molecule has 2 heterocycles. The number of hydrogen-bond donors (Lipinski definition) is 1. The van der Waals surface area contributed by atoms with Gasteiger partial charge in [0.2, 0.25) is 18.6 Å². The van der Waals surface area contributed by atoms with Crippen LogP contribution in [0.3, 0.4) is 0 Å². The minimum Gasteiger partial charge on any atom is -0.454 e. The largest absolute Gasteiger partial charge is 0.454 e. The monoisotopic (exact) mass is 431 g/mol. The molecule has 0 atom stereocenters. The second kappa shape index (κ2) is 9.09. The van der Waals surface area contributed by atoms with E-state index >= 15 is 0 Å². The van der Waals surface area contributed by atoms with Gasteiger partial charge in [-0.2, -0.15) is 0 Å². The van der Waals surface area contributed by atoms with Crippen molar-refractivity contribution in [2.45, 2.75) is 32.4 Å². The van der Waals surface area contributed by atoms with Gasteiger partial charge in [-0.1, -0.05) is 36.4 Å². The molecule has 3 aromatic rings. The number of nitrogens with one attached hydrogen (secondary N) is 1. The summed E-state index contributed by atoms with van der Waals surface area (Å²) in [6.45, 7) is 3.91. The van der Waals surface area contributed by atoms with Gasteiger partial charge in [0.25, 0.3) is 0 Å². The van der Waals surface area contributed by atoms with Crippen LogP contribution in [0, 0.1) is 0 Å². The lowest BCUT2D eigenvalue weighted by Gasteiger charge is -2.37. The standard InChI is InChI=1S/C25H25N3O4/c1-25(2,24(30)27-20-10-11-21-22(14-20)32-17-31-21)28(16-19-9-6-12-26-15-19)23(29)13-18-7-4-3-5-8-18/h3-12,14-15H,13,16-17H2,1-2H3,(H,27,30). The predicted octanol–water partition coefficient (Wildman–Crippen LogP) is 3.80. The quantitative estimate of drug-likeness (QED) is 0.616. The van der Waals surface area contributed by atoms with Gasteiger partial charge in [-0.3, -0.25) is 14.6 Å². The van der Waals surface area contributed by atoms with E-state index in [2.05, 4.69) is 10.3 Å². The summed E-state index contributed by atoms with van der Waals surface area (Å²) in [7, 11) is 0. The number of carbonyl (C=O) groups is 2. The van der Waals surface area contributed by atoms with Crippen LogP contribution in [0.5, 0.6) is 11.5 Å². The van der Waals surface area contributed by atoms with Gasteiger partial charge in [-0.05, 0) is 43.2 Å². The molecule has 2 aromatic carbocycles. The van der Waals surface area contributed by atoms with Gasteiger partial charge in [0.15, 0.2) is 11.5 Å². The smallest absolute Gasteiger partial charge is 0.249 e. The van der Waals surface area contributed by atoms with E-state index < -0.39 is 5.54 Å². The molecule has 7 nitrogen and oxygen atoms in total. The molecule has 164 valence electrons. The zero-order chi connectivity index (χ0) is 22.6. The van der Waals surface area contributed by atoms with Gasteiger partial charge in [0.1, 0.15) is 5.54 Å². The van der Waals surface area contributed by atoms with Crippen LogP contribution >= 0.6 is 0 Å². The number of pyridine rings is 1. The average molecular weight is 431 g/mol. The van der Waals surface area contributed by atoms with Crippen LogP contribution in [0.2, 0.25) is 0 Å². The van der Waals surface area contributed by atoms with Crippen LogP contribution in [0.1, 0.15) is 25.0 Å². The molecular formula is C25H25N3O4. The molecule has 1 aromatic heterocycles. The van der Waals surface area contributed by atoms with E-state index in [0.29, 0.717) is 17.2 Å². The van der Waals surface area contributed by atoms with E-state index in [1.807, 2.05) is 42.5 Å². The molecule has 32 heavy (non-hydrogen) atoms. The van der Waals surface area contributed by atoms with E-state index in [0.717, 1.165) is 11.1 Å². The molecule has 0 saturated heterocycles. The third-order valence-corrected chi connectivity index (χ3v) is 5.42. The minimum absolute atomic E-state index is 0.147. The Morgan fingerprint density at radius 2 is 1.75 bits per heavy atom. The van der Waals surface area contributed by atoms with E-state index in [1.165, 1.54) is 0 Å². The molecule has 0 unspecified atom stereocenters. The van der Waals surface area contributed by atoms with Crippen LogP contribution in [-0.4, -0.2) is 34.0 Å². The number of fused-ring (bicyclic) bond motifs is 1. The summed E-state index contributed by atoms with van der Waals surface area (Å²) in [4.78, 5) is 32.4. The highest BCUT2D eigenvalue weighted by Crippen LogP contribution is 2.34. The summed E-state index contributed by atoms with van der Waals surface area (Å²) < 4.78 is 10.7. The van der Waals surface area contributed by atoms with Gasteiger partial charge in [-0.15, -0.1) is 0 Å². The van der Waals surface area contributed by atoms with Crippen molar-refractivity contribution in [3.05, 3.63) is 84.2 Å². The molecule has 1 N–H and O–H groups in total. The first kappa shape index (κ1) is 21.4. The third-order valence-electron chi connectivity index (χ3n) is 5.42. The molecule has 0 bridgehead atoms. The first-order valence-electron chi connectivity index (χ1n) is 10.4. The fourth-order valence-electron chi connectivity index (χ4n) is 3.52. The molecule has 7 heteroatoms. The number of rotatable bonds is 7. The van der Waals surface area contributed by atoms with Crippen molar-refractivity contribution in [1.82, 2.24) is 9.88 Å². The number of hydrogen-bond acceptors (Lipinski definition) is 5. The van der Waals surface area contributed by atoms with Gasteiger partial charge in [-0.25, -0.2) is 0 Å². The van der Waals surface area contributed by atoms with Gasteiger partial charge in [0.05, 0.1) is 6.42 Å². The van der Waals surface area contributed by atoms with Gasteiger partial charge >= 0.3 is 0 Å². The summed E-state index contributed by atoms with van der Waals surface area (Å²) >= 11 is 0. The van der Waals surface area contributed by atoms with Crippen molar-refractivity contribution in [2.75, 3.05) is 12.1 Å². The average Bonchev–Trinajstić information content (AvgIpc) is 3.26. The Kier molecular flexibility index (Phi) is 6.07. The third kappa shape index (κ3) is 4.72. The fourth-order valence-corrected chi connectivity index (χ4v) is 3.52. The second-order valence-electron chi connectivity index (χ2n) is 8.08. The molecule has 4 rings (SSSR count). The van der Waals surface area contributed by atoms with Crippen LogP contribution in [0.15, 0.2) is 73.1 Å². The van der Waals surface area contributed by atoms with Crippen molar-refractivity contribution < 1.29 is 19.1 Å². The van der Waals surface area contributed by atoms with Gasteiger partial charge < -0.3 is 19.7 Å². The topological polar surface area (TPSA) is 80.8 Å². The Morgan fingerprint density at radius 3 is 2.50 bits per heavy atom. The lowest BCUT2D eigenvalue weighted by Crippen LogP contribution is -2.55. The Morgan fingerprint density at radius 1 is 1.00 bits per heavy atom. The molecular weight excluding hydrogens is 406 g/mol. The Hall–Kier alpha value is -3.87. The number of ether oxygens (including phenoxy) is 2. The highest BCUT2D eigenvalue weighted by atomic mass is 16.7. The Bertz CT molecular complexity index is 1100. The number of anilines is 1. The SMILES string of the molecule is CC(C)(C(=O)Nc1ccc2c(c1)OCO2)N(Cc1cccnc1)C(=O)Cc1ccccc1. The normalized spacial score (nSPS) is 12.3. The zero-order valence-electron chi connectivity index (χ0n) is 18.1. The number of nitrogens with zero attached hydrogens (tertiary/aromatic N) is 2. The summed E-state index contributed by atoms with van der Waals surface area (Å²) in [5.74, 6) is 0.763. The highest BCUT2D eigenvalue weighted by Gasteiger charge is 2.38. The maximum atomic E-state index is 13.4. The maximum absolute atomic E-state index is 13.4. The molecule has 2 amide bonds. The summed E-state index contributed by atoms with van der Waals surface area (Å²) in [5, 5.41) is 2.91. The number of aromatic nitrogens is 1. The predicted molar refractivity (Wildman–Crippen MR) is 120 cm³/mol. The number of amides is 2. The lowest BCUT2D eigenvalue weighted by atomic mass is 9.98. The molecule has 1 aliphatic rings. The molecule has 0 fully saturated rings. The minimum atomic E-state index is -1.13. The van der Waals surface area contributed by atoms with E-state index in [9.17, 15) is 9.59 Å². The van der Waals surface area contributed by atoms with E-state index in [1.54, 1.807) is 49.3 Å². The van der Waals surface area contributed by atoms with Crippen molar-refractivity contribution in [3.63, 3.8) is 0 Å². The summed E-state index contributed by atoms with van der Waals surface area (Å²) in [6, 6.07) is 18.4. The maximum Gasteiger partial charge on any atom is 0.249 e. The first-order chi connectivity index (χ1) is 15.4. The number of carbonyl (C=O) groups excluding carboxylic acids is 2. The molecule has 0 saturated carbocycles. The van der Waals surface area contributed by atoms with Crippen LogP contribution in [0.25, 0.3) is 0 Å². The van der Waals surface area contributed by atoms with Crippen LogP contribution in [-0.2, 0) is 22.6 Å². The van der Waals surface area contributed by atoms with Crippen LogP contribution < -0.4 is 14.8 Å². The molecule has 0 aliphatic carbocycles. The fraction of sp³-hybridized carbons (Fsp3) is 0.240. The van der Waals surface area contributed by atoms with Gasteiger partial charge in [0, 0.05) is 30.7 Å². The van der Waals surface area contributed by atoms with E-state index in [-0.39, 0.29) is 31.6 Å². The molecule has 1 aliphatic heterocycles. The van der Waals surface area contributed by atoms with Crippen molar-refractivity contribution in [3.8, 4) is 11.5 Å². The zero-order valence-corrected chi connectivity index (χ0v) is 18.1. The Balaban J connectivity index is 1.57. The van der Waals surface area contributed by atoms with Crippen molar-refractivity contribution >= 4 is 17.5 Å².